The Hall–Kier alpha value is -1.23. The largest absolute Gasteiger partial charge is 0.490 e. The molecule has 80 valence electrons. The van der Waals surface area contributed by atoms with Crippen LogP contribution in [0.4, 0.5) is 0 Å². The van der Waals surface area contributed by atoms with E-state index in [1.807, 2.05) is 24.3 Å². The predicted molar refractivity (Wildman–Crippen MR) is 61.0 cm³/mol. The monoisotopic (exact) mass is 270 g/mol. The normalized spacial score (nSPS) is 19.5. The number of benzene rings is 1. The summed E-state index contributed by atoms with van der Waals surface area (Å²) in [7, 11) is 0. The molecule has 1 aliphatic heterocycles. The van der Waals surface area contributed by atoms with Crippen molar-refractivity contribution in [1.82, 2.24) is 0 Å². The first-order valence-corrected chi connectivity index (χ1v) is 5.38. The van der Waals surface area contributed by atoms with Gasteiger partial charge in [-0.15, -0.1) is 0 Å². The Labute approximate surface area is 96.2 Å². The van der Waals surface area contributed by atoms with E-state index in [9.17, 15) is 0 Å². The molecular formula is C10H11BrN2O2. The Balaban J connectivity index is 1.81. The van der Waals surface area contributed by atoms with Crippen molar-refractivity contribution in [2.24, 2.45) is 10.7 Å². The van der Waals surface area contributed by atoms with Crippen molar-refractivity contribution < 1.29 is 9.47 Å². The molecular weight excluding hydrogens is 260 g/mol. The molecule has 0 fully saturated rings. The maximum Gasteiger partial charge on any atom is 0.282 e. The molecule has 0 radical (unpaired) electrons. The van der Waals surface area contributed by atoms with Crippen molar-refractivity contribution in [1.29, 1.82) is 0 Å². The predicted octanol–water partition coefficient (Wildman–Crippen LogP) is 1.54. The van der Waals surface area contributed by atoms with Crippen LogP contribution in [-0.2, 0) is 4.74 Å². The van der Waals surface area contributed by atoms with E-state index in [0.29, 0.717) is 13.2 Å². The van der Waals surface area contributed by atoms with Crippen molar-refractivity contribution in [2.45, 2.75) is 6.10 Å². The van der Waals surface area contributed by atoms with E-state index in [2.05, 4.69) is 20.9 Å². The lowest BCUT2D eigenvalue weighted by Crippen LogP contribution is -2.24. The van der Waals surface area contributed by atoms with Crippen molar-refractivity contribution in [2.75, 3.05) is 13.2 Å². The van der Waals surface area contributed by atoms with Crippen LogP contribution in [-0.4, -0.2) is 25.3 Å². The average Bonchev–Trinajstić information content (AvgIpc) is 2.64. The van der Waals surface area contributed by atoms with Crippen LogP contribution in [0.5, 0.6) is 5.75 Å². The van der Waals surface area contributed by atoms with E-state index in [1.54, 1.807) is 0 Å². The zero-order valence-electron chi connectivity index (χ0n) is 8.02. The van der Waals surface area contributed by atoms with Crippen molar-refractivity contribution in [3.05, 3.63) is 28.7 Å². The number of ether oxygens (including phenoxy) is 2. The lowest BCUT2D eigenvalue weighted by atomic mass is 10.3. The van der Waals surface area contributed by atoms with E-state index in [0.717, 1.165) is 10.2 Å². The SMILES string of the molecule is NC1=NCC(COc2ccc(Br)cc2)O1. The molecule has 0 spiro atoms. The second kappa shape index (κ2) is 4.53. The van der Waals surface area contributed by atoms with Gasteiger partial charge in [-0.3, -0.25) is 0 Å². The van der Waals surface area contributed by atoms with E-state index < -0.39 is 0 Å². The summed E-state index contributed by atoms with van der Waals surface area (Å²) >= 11 is 3.36. The molecule has 2 N–H and O–H groups in total. The minimum absolute atomic E-state index is 0.0614. The lowest BCUT2D eigenvalue weighted by molar-refractivity contribution is 0.141. The summed E-state index contributed by atoms with van der Waals surface area (Å²) < 4.78 is 11.7. The molecule has 5 heteroatoms. The third kappa shape index (κ3) is 2.86. The van der Waals surface area contributed by atoms with E-state index in [-0.39, 0.29) is 12.1 Å². The average molecular weight is 271 g/mol. The molecule has 0 amide bonds. The molecule has 0 bridgehead atoms. The first-order valence-electron chi connectivity index (χ1n) is 4.59. The molecule has 0 saturated carbocycles. The Morgan fingerprint density at radius 3 is 2.80 bits per heavy atom. The summed E-state index contributed by atoms with van der Waals surface area (Å²) in [5, 5.41) is 0. The van der Waals surface area contributed by atoms with Gasteiger partial charge in [0.15, 0.2) is 6.10 Å². The van der Waals surface area contributed by atoms with Crippen LogP contribution in [0.25, 0.3) is 0 Å². The van der Waals surface area contributed by atoms with Crippen molar-refractivity contribution in [3.63, 3.8) is 0 Å². The number of halogens is 1. The summed E-state index contributed by atoms with van der Waals surface area (Å²) in [5.41, 5.74) is 5.38. The molecule has 4 nitrogen and oxygen atoms in total. The number of nitrogens with zero attached hydrogens (tertiary/aromatic N) is 1. The first kappa shape index (κ1) is 10.3. The van der Waals surface area contributed by atoms with E-state index >= 15 is 0 Å². The molecule has 1 atom stereocenters. The van der Waals surface area contributed by atoms with Gasteiger partial charge in [-0.2, -0.15) is 0 Å². The minimum Gasteiger partial charge on any atom is -0.490 e. The third-order valence-electron chi connectivity index (χ3n) is 1.99. The summed E-state index contributed by atoms with van der Waals surface area (Å²) in [6, 6.07) is 7.89. The van der Waals surface area contributed by atoms with Gasteiger partial charge in [0.1, 0.15) is 12.4 Å². The Morgan fingerprint density at radius 2 is 2.20 bits per heavy atom. The van der Waals surface area contributed by atoms with Crippen LogP contribution in [0.2, 0.25) is 0 Å². The number of nitrogens with two attached hydrogens (primary N) is 1. The van der Waals surface area contributed by atoms with Gasteiger partial charge in [-0.1, -0.05) is 15.9 Å². The van der Waals surface area contributed by atoms with Gasteiger partial charge in [-0.05, 0) is 24.3 Å². The standard InChI is InChI=1S/C10H11BrN2O2/c11-7-1-3-8(4-2-7)14-6-9-5-13-10(12)15-9/h1-4,9H,5-6H2,(H2,12,13). The maximum absolute atomic E-state index is 5.52. The molecule has 15 heavy (non-hydrogen) atoms. The molecule has 0 aromatic heterocycles. The highest BCUT2D eigenvalue weighted by Crippen LogP contribution is 2.16. The van der Waals surface area contributed by atoms with Gasteiger partial charge in [-0.25, -0.2) is 4.99 Å². The topological polar surface area (TPSA) is 56.8 Å². The highest BCUT2D eigenvalue weighted by molar-refractivity contribution is 9.10. The fourth-order valence-corrected chi connectivity index (χ4v) is 1.51. The minimum atomic E-state index is -0.0614. The highest BCUT2D eigenvalue weighted by atomic mass is 79.9. The maximum atomic E-state index is 5.52. The van der Waals surface area contributed by atoms with Crippen LogP contribution >= 0.6 is 15.9 Å². The number of aliphatic imine (C=N–C) groups is 1. The van der Waals surface area contributed by atoms with Gasteiger partial charge < -0.3 is 15.2 Å². The van der Waals surface area contributed by atoms with Crippen LogP contribution in [0.3, 0.4) is 0 Å². The molecule has 0 aliphatic carbocycles. The molecule has 0 saturated heterocycles. The van der Waals surface area contributed by atoms with Gasteiger partial charge in [0.2, 0.25) is 0 Å². The van der Waals surface area contributed by atoms with Crippen LogP contribution in [0.1, 0.15) is 0 Å². The Morgan fingerprint density at radius 1 is 1.47 bits per heavy atom. The van der Waals surface area contributed by atoms with Gasteiger partial charge in [0.05, 0.1) is 6.54 Å². The smallest absolute Gasteiger partial charge is 0.282 e. The van der Waals surface area contributed by atoms with Crippen LogP contribution < -0.4 is 10.5 Å². The fourth-order valence-electron chi connectivity index (χ4n) is 1.24. The highest BCUT2D eigenvalue weighted by Gasteiger charge is 2.17. The van der Waals surface area contributed by atoms with Crippen molar-refractivity contribution in [3.8, 4) is 5.75 Å². The number of amidine groups is 1. The van der Waals surface area contributed by atoms with Gasteiger partial charge >= 0.3 is 0 Å². The van der Waals surface area contributed by atoms with E-state index in [4.69, 9.17) is 15.2 Å². The third-order valence-corrected chi connectivity index (χ3v) is 2.52. The second-order valence-corrected chi connectivity index (χ2v) is 4.10. The molecule has 1 aromatic rings. The van der Waals surface area contributed by atoms with E-state index in [1.165, 1.54) is 0 Å². The zero-order chi connectivity index (χ0) is 10.7. The summed E-state index contributed by atoms with van der Waals surface area (Å²) in [5.74, 6) is 0.812. The number of rotatable bonds is 3. The van der Waals surface area contributed by atoms with Gasteiger partial charge in [0.25, 0.3) is 6.02 Å². The molecule has 1 unspecified atom stereocenters. The Kier molecular flexibility index (Phi) is 3.11. The fraction of sp³-hybridized carbons (Fsp3) is 0.300. The molecule has 1 aromatic carbocycles. The summed E-state index contributed by atoms with van der Waals surface area (Å²) in [4.78, 5) is 3.93. The number of hydrogen-bond acceptors (Lipinski definition) is 4. The number of hydrogen-bond donors (Lipinski definition) is 1. The summed E-state index contributed by atoms with van der Waals surface area (Å²) in [6.07, 6.45) is -0.0614. The lowest BCUT2D eigenvalue weighted by Gasteiger charge is -2.11. The van der Waals surface area contributed by atoms with Crippen molar-refractivity contribution >= 4 is 22.0 Å². The first-order chi connectivity index (χ1) is 7.24. The molecule has 1 aliphatic rings. The second-order valence-electron chi connectivity index (χ2n) is 3.18. The quantitative estimate of drug-likeness (QED) is 0.907. The zero-order valence-corrected chi connectivity index (χ0v) is 9.61. The van der Waals surface area contributed by atoms with Crippen LogP contribution in [0.15, 0.2) is 33.7 Å². The molecule has 1 heterocycles. The molecule has 2 rings (SSSR count). The summed E-state index contributed by atoms with van der Waals surface area (Å²) in [6.45, 7) is 1.04. The van der Waals surface area contributed by atoms with Gasteiger partial charge in [0, 0.05) is 4.47 Å². The van der Waals surface area contributed by atoms with Crippen LogP contribution in [0, 0.1) is 0 Å². The Bertz CT molecular complexity index is 364.